The van der Waals surface area contributed by atoms with Crippen LogP contribution in [0.4, 0.5) is 0 Å². The molecule has 2 rings (SSSR count). The minimum atomic E-state index is -3.17. The Morgan fingerprint density at radius 1 is 1.14 bits per heavy atom. The Labute approximate surface area is 127 Å². The number of benzene rings is 1. The van der Waals surface area contributed by atoms with E-state index in [0.717, 1.165) is 31.4 Å². The van der Waals surface area contributed by atoms with E-state index in [1.807, 2.05) is 31.2 Å². The summed E-state index contributed by atoms with van der Waals surface area (Å²) in [6.45, 7) is 2.69. The average molecular weight is 311 g/mol. The van der Waals surface area contributed by atoms with Gasteiger partial charge < -0.3 is 4.74 Å². The molecule has 0 atom stereocenters. The molecule has 0 aromatic heterocycles. The first-order valence-electron chi connectivity index (χ1n) is 7.72. The summed E-state index contributed by atoms with van der Waals surface area (Å²) in [6, 6.07) is 7.74. The van der Waals surface area contributed by atoms with Crippen LogP contribution >= 0.6 is 0 Å². The van der Waals surface area contributed by atoms with E-state index in [1.165, 1.54) is 12.0 Å². The Morgan fingerprint density at radius 2 is 1.81 bits per heavy atom. The predicted octanol–water partition coefficient (Wildman–Crippen LogP) is 2.87. The molecule has 0 aliphatic heterocycles. The molecule has 1 aromatic carbocycles. The van der Waals surface area contributed by atoms with Crippen LogP contribution < -0.4 is 9.46 Å². The summed E-state index contributed by atoms with van der Waals surface area (Å²) in [5.74, 6) is 1.36. The average Bonchev–Trinajstić information content (AvgIpc) is 2.46. The lowest BCUT2D eigenvalue weighted by Crippen LogP contribution is -2.33. The Bertz CT molecular complexity index is 519. The number of hydrogen-bond acceptors (Lipinski definition) is 3. The molecular formula is C16H25NO3S. The van der Waals surface area contributed by atoms with Crippen molar-refractivity contribution in [2.45, 2.75) is 39.0 Å². The first-order chi connectivity index (χ1) is 10.1. The van der Waals surface area contributed by atoms with Crippen LogP contribution in [0.1, 0.15) is 37.7 Å². The molecule has 0 bridgehead atoms. The molecule has 5 heteroatoms. The zero-order chi connectivity index (χ0) is 15.1. The van der Waals surface area contributed by atoms with Crippen LogP contribution in [0.5, 0.6) is 5.75 Å². The summed E-state index contributed by atoms with van der Waals surface area (Å²) in [5, 5.41) is 0. The molecule has 0 heterocycles. The van der Waals surface area contributed by atoms with Crippen LogP contribution in [-0.2, 0) is 10.0 Å². The van der Waals surface area contributed by atoms with Gasteiger partial charge in [0.15, 0.2) is 0 Å². The van der Waals surface area contributed by atoms with Crippen LogP contribution in [0.3, 0.4) is 0 Å². The van der Waals surface area contributed by atoms with Crippen molar-refractivity contribution in [2.24, 2.45) is 5.92 Å². The SMILES string of the molecule is Cc1ccc(OCCNS(=O)(=O)CC2CCCCC2)cc1. The van der Waals surface area contributed by atoms with E-state index < -0.39 is 10.0 Å². The second kappa shape index (κ2) is 7.80. The van der Waals surface area contributed by atoms with Gasteiger partial charge in [-0.2, -0.15) is 0 Å². The molecule has 1 saturated carbocycles. The van der Waals surface area contributed by atoms with Crippen molar-refractivity contribution in [1.29, 1.82) is 0 Å². The van der Waals surface area contributed by atoms with Gasteiger partial charge in [-0.15, -0.1) is 0 Å². The summed E-state index contributed by atoms with van der Waals surface area (Å²) < 4.78 is 32.1. The lowest BCUT2D eigenvalue weighted by atomic mass is 9.91. The monoisotopic (exact) mass is 311 g/mol. The van der Waals surface area contributed by atoms with Crippen molar-refractivity contribution in [2.75, 3.05) is 18.9 Å². The highest BCUT2D eigenvalue weighted by Crippen LogP contribution is 2.24. The fraction of sp³-hybridized carbons (Fsp3) is 0.625. The van der Waals surface area contributed by atoms with Gasteiger partial charge in [-0.3, -0.25) is 0 Å². The second-order valence-electron chi connectivity index (χ2n) is 5.84. The van der Waals surface area contributed by atoms with Crippen LogP contribution in [0.25, 0.3) is 0 Å². The maximum atomic E-state index is 12.0. The largest absolute Gasteiger partial charge is 0.492 e. The third kappa shape index (κ3) is 6.06. The van der Waals surface area contributed by atoms with Crippen LogP contribution in [0.15, 0.2) is 24.3 Å². The molecule has 1 N–H and O–H groups in total. The van der Waals surface area contributed by atoms with Crippen molar-refractivity contribution in [3.8, 4) is 5.75 Å². The van der Waals surface area contributed by atoms with Gasteiger partial charge in [0, 0.05) is 6.54 Å². The highest BCUT2D eigenvalue weighted by atomic mass is 32.2. The molecular weight excluding hydrogens is 286 g/mol. The standard InChI is InChI=1S/C16H25NO3S/c1-14-7-9-16(10-8-14)20-12-11-17-21(18,19)13-15-5-3-2-4-6-15/h7-10,15,17H,2-6,11-13H2,1H3. The Morgan fingerprint density at radius 3 is 2.48 bits per heavy atom. The van der Waals surface area contributed by atoms with Gasteiger partial charge in [-0.1, -0.05) is 37.0 Å². The third-order valence-electron chi connectivity index (χ3n) is 3.89. The molecule has 0 radical (unpaired) electrons. The van der Waals surface area contributed by atoms with Crippen LogP contribution in [-0.4, -0.2) is 27.3 Å². The summed E-state index contributed by atoms with van der Waals surface area (Å²) in [5.41, 5.74) is 1.18. The molecule has 0 spiro atoms. The van der Waals surface area contributed by atoms with Gasteiger partial charge in [0.2, 0.25) is 10.0 Å². The molecule has 0 amide bonds. The van der Waals surface area contributed by atoms with Crippen LogP contribution in [0, 0.1) is 12.8 Å². The van der Waals surface area contributed by atoms with Gasteiger partial charge >= 0.3 is 0 Å². The van der Waals surface area contributed by atoms with Gasteiger partial charge in [-0.25, -0.2) is 13.1 Å². The van der Waals surface area contributed by atoms with Crippen LogP contribution in [0.2, 0.25) is 0 Å². The molecule has 0 unspecified atom stereocenters. The molecule has 4 nitrogen and oxygen atoms in total. The summed E-state index contributed by atoms with van der Waals surface area (Å²) in [7, 11) is -3.17. The van der Waals surface area contributed by atoms with E-state index in [-0.39, 0.29) is 5.75 Å². The van der Waals surface area contributed by atoms with E-state index in [0.29, 0.717) is 19.1 Å². The lowest BCUT2D eigenvalue weighted by Gasteiger charge is -2.21. The fourth-order valence-electron chi connectivity index (χ4n) is 2.72. The minimum absolute atomic E-state index is 0.261. The Balaban J connectivity index is 1.68. The van der Waals surface area contributed by atoms with E-state index in [9.17, 15) is 8.42 Å². The molecule has 0 saturated heterocycles. The second-order valence-corrected chi connectivity index (χ2v) is 7.69. The number of hydrogen-bond donors (Lipinski definition) is 1. The molecule has 1 aliphatic carbocycles. The Hall–Kier alpha value is -1.07. The number of ether oxygens (including phenoxy) is 1. The molecule has 1 aliphatic rings. The highest BCUT2D eigenvalue weighted by molar-refractivity contribution is 7.89. The van der Waals surface area contributed by atoms with Crippen molar-refractivity contribution in [1.82, 2.24) is 4.72 Å². The lowest BCUT2D eigenvalue weighted by molar-refractivity contribution is 0.322. The number of nitrogens with one attached hydrogen (secondary N) is 1. The van der Waals surface area contributed by atoms with Crippen molar-refractivity contribution in [3.63, 3.8) is 0 Å². The molecule has 1 fully saturated rings. The van der Waals surface area contributed by atoms with E-state index in [4.69, 9.17) is 4.74 Å². The van der Waals surface area contributed by atoms with Crippen molar-refractivity contribution < 1.29 is 13.2 Å². The van der Waals surface area contributed by atoms with Crippen molar-refractivity contribution in [3.05, 3.63) is 29.8 Å². The van der Waals surface area contributed by atoms with Crippen molar-refractivity contribution >= 4 is 10.0 Å². The number of rotatable bonds is 7. The van der Waals surface area contributed by atoms with E-state index in [2.05, 4.69) is 4.72 Å². The quantitative estimate of drug-likeness (QED) is 0.788. The zero-order valence-electron chi connectivity index (χ0n) is 12.7. The summed E-state index contributed by atoms with van der Waals surface area (Å²) >= 11 is 0. The zero-order valence-corrected chi connectivity index (χ0v) is 13.5. The smallest absolute Gasteiger partial charge is 0.211 e. The predicted molar refractivity (Wildman–Crippen MR) is 85.0 cm³/mol. The third-order valence-corrected chi connectivity index (χ3v) is 5.45. The highest BCUT2D eigenvalue weighted by Gasteiger charge is 2.20. The first-order valence-corrected chi connectivity index (χ1v) is 9.37. The Kier molecular flexibility index (Phi) is 6.06. The maximum Gasteiger partial charge on any atom is 0.211 e. The number of aryl methyl sites for hydroxylation is 1. The summed E-state index contributed by atoms with van der Waals surface area (Å²) in [4.78, 5) is 0. The fourth-order valence-corrected chi connectivity index (χ4v) is 4.19. The van der Waals surface area contributed by atoms with E-state index >= 15 is 0 Å². The maximum absolute atomic E-state index is 12.0. The topological polar surface area (TPSA) is 55.4 Å². The summed E-state index contributed by atoms with van der Waals surface area (Å²) in [6.07, 6.45) is 5.66. The van der Waals surface area contributed by atoms with Gasteiger partial charge in [0.25, 0.3) is 0 Å². The minimum Gasteiger partial charge on any atom is -0.492 e. The number of sulfonamides is 1. The van der Waals surface area contributed by atoms with Gasteiger partial charge in [0.1, 0.15) is 12.4 Å². The molecule has 1 aromatic rings. The normalized spacial score (nSPS) is 16.8. The molecule has 118 valence electrons. The first kappa shape index (κ1) is 16.3. The molecule has 21 heavy (non-hydrogen) atoms. The van der Waals surface area contributed by atoms with E-state index in [1.54, 1.807) is 0 Å². The van der Waals surface area contributed by atoms with Gasteiger partial charge in [0.05, 0.1) is 5.75 Å². The van der Waals surface area contributed by atoms with Gasteiger partial charge in [-0.05, 0) is 37.8 Å².